The maximum Gasteiger partial charge on any atom is 0.0350 e. The van der Waals surface area contributed by atoms with Crippen LogP contribution in [0.5, 0.6) is 0 Å². The van der Waals surface area contributed by atoms with Gasteiger partial charge < -0.3 is 11.1 Å². The second kappa shape index (κ2) is 5.78. The van der Waals surface area contributed by atoms with E-state index < -0.39 is 0 Å². The Bertz CT molecular complexity index is 488. The fourth-order valence-electron chi connectivity index (χ4n) is 3.95. The Balaban J connectivity index is 1.76. The lowest BCUT2D eigenvalue weighted by Gasteiger charge is -2.40. The molecular formula is C17H25BrN2. The van der Waals surface area contributed by atoms with Gasteiger partial charge in [-0.15, -0.1) is 0 Å². The molecule has 3 heteroatoms. The van der Waals surface area contributed by atoms with Crippen LogP contribution in [0.3, 0.4) is 0 Å². The van der Waals surface area contributed by atoms with Gasteiger partial charge in [0.2, 0.25) is 0 Å². The summed E-state index contributed by atoms with van der Waals surface area (Å²) in [5.41, 5.74) is 9.25. The van der Waals surface area contributed by atoms with Gasteiger partial charge in [-0.25, -0.2) is 0 Å². The van der Waals surface area contributed by atoms with Crippen LogP contribution < -0.4 is 11.1 Å². The fraction of sp³-hybridized carbons (Fsp3) is 0.647. The van der Waals surface area contributed by atoms with Crippen LogP contribution in [-0.4, -0.2) is 18.1 Å². The Hall–Kier alpha value is -0.380. The number of hydrogen-bond acceptors (Lipinski definition) is 2. The molecule has 0 amide bonds. The van der Waals surface area contributed by atoms with Crippen molar-refractivity contribution in [3.63, 3.8) is 0 Å². The highest BCUT2D eigenvalue weighted by Crippen LogP contribution is 2.33. The Morgan fingerprint density at radius 1 is 1.35 bits per heavy atom. The monoisotopic (exact) mass is 336 g/mol. The number of aryl methyl sites for hydroxylation is 1. The number of nitrogens with one attached hydrogen (secondary N) is 1. The van der Waals surface area contributed by atoms with Crippen molar-refractivity contribution >= 4 is 15.9 Å². The molecule has 0 saturated heterocycles. The van der Waals surface area contributed by atoms with E-state index in [2.05, 4.69) is 46.4 Å². The van der Waals surface area contributed by atoms with Crippen molar-refractivity contribution in [3.8, 4) is 0 Å². The van der Waals surface area contributed by atoms with E-state index in [0.717, 1.165) is 31.7 Å². The molecule has 20 heavy (non-hydrogen) atoms. The maximum atomic E-state index is 6.17. The molecule has 110 valence electrons. The van der Waals surface area contributed by atoms with Crippen molar-refractivity contribution in [1.29, 1.82) is 0 Å². The predicted molar refractivity (Wildman–Crippen MR) is 87.9 cm³/mol. The lowest BCUT2D eigenvalue weighted by molar-refractivity contribution is 0.257. The van der Waals surface area contributed by atoms with Crippen molar-refractivity contribution < 1.29 is 0 Å². The van der Waals surface area contributed by atoms with Gasteiger partial charge in [0.15, 0.2) is 0 Å². The first-order chi connectivity index (χ1) is 9.60. The predicted octanol–water partition coefficient (Wildman–Crippen LogP) is 3.41. The molecular weight excluding hydrogens is 312 g/mol. The Labute approximate surface area is 130 Å². The van der Waals surface area contributed by atoms with Gasteiger partial charge in [-0.05, 0) is 67.7 Å². The van der Waals surface area contributed by atoms with Crippen molar-refractivity contribution in [2.24, 2.45) is 11.7 Å². The van der Waals surface area contributed by atoms with Crippen LogP contribution in [0, 0.1) is 5.92 Å². The van der Waals surface area contributed by atoms with Gasteiger partial charge in [0.25, 0.3) is 0 Å². The molecule has 0 radical (unpaired) electrons. The molecule has 1 fully saturated rings. The highest BCUT2D eigenvalue weighted by atomic mass is 79.9. The zero-order chi connectivity index (χ0) is 14.2. The molecule has 3 N–H and O–H groups in total. The summed E-state index contributed by atoms with van der Waals surface area (Å²) in [5.74, 6) is 0.870. The van der Waals surface area contributed by atoms with Crippen molar-refractivity contribution in [3.05, 3.63) is 33.8 Å². The number of nitrogens with two attached hydrogens (primary N) is 1. The number of fused-ring (bicyclic) bond motifs is 1. The molecule has 0 aliphatic heterocycles. The van der Waals surface area contributed by atoms with Gasteiger partial charge in [0, 0.05) is 22.6 Å². The summed E-state index contributed by atoms with van der Waals surface area (Å²) >= 11 is 3.57. The zero-order valence-corrected chi connectivity index (χ0v) is 13.9. The molecule has 1 aromatic carbocycles. The lowest BCUT2D eigenvalue weighted by atomic mass is 9.77. The first-order valence-corrected chi connectivity index (χ1v) is 8.65. The third-order valence-electron chi connectivity index (χ3n) is 5.17. The smallest absolute Gasteiger partial charge is 0.0350 e. The van der Waals surface area contributed by atoms with E-state index in [0.29, 0.717) is 6.04 Å². The topological polar surface area (TPSA) is 38.0 Å². The minimum Gasteiger partial charge on any atom is -0.329 e. The molecule has 3 unspecified atom stereocenters. The zero-order valence-electron chi connectivity index (χ0n) is 12.3. The quantitative estimate of drug-likeness (QED) is 0.887. The number of rotatable bonds is 3. The largest absolute Gasteiger partial charge is 0.329 e. The highest BCUT2D eigenvalue weighted by Gasteiger charge is 2.36. The van der Waals surface area contributed by atoms with E-state index in [1.54, 1.807) is 0 Å². The molecule has 1 aromatic rings. The number of halogens is 1. The van der Waals surface area contributed by atoms with Gasteiger partial charge in [0.05, 0.1) is 0 Å². The second-order valence-electron chi connectivity index (χ2n) is 6.83. The van der Waals surface area contributed by atoms with Crippen LogP contribution in [0.2, 0.25) is 0 Å². The van der Waals surface area contributed by atoms with Crippen molar-refractivity contribution in [2.45, 2.75) is 57.0 Å². The molecule has 0 aromatic heterocycles. The summed E-state index contributed by atoms with van der Waals surface area (Å²) in [7, 11) is 0. The summed E-state index contributed by atoms with van der Waals surface area (Å²) in [4.78, 5) is 0. The maximum absolute atomic E-state index is 6.17. The standard InChI is InChI=1S/C17H25BrN2/c1-12-2-5-16(8-12)20-17(11-19)7-6-13-9-15(18)4-3-14(13)10-17/h3-4,9,12,16,20H,2,5-8,10-11,19H2,1H3. The molecule has 3 atom stereocenters. The van der Waals surface area contributed by atoms with Gasteiger partial charge in [0.1, 0.15) is 0 Å². The van der Waals surface area contributed by atoms with Crippen LogP contribution in [-0.2, 0) is 12.8 Å². The first-order valence-electron chi connectivity index (χ1n) is 7.85. The van der Waals surface area contributed by atoms with E-state index in [9.17, 15) is 0 Å². The average molecular weight is 337 g/mol. The molecule has 0 spiro atoms. The van der Waals surface area contributed by atoms with Gasteiger partial charge in [-0.1, -0.05) is 28.9 Å². The van der Waals surface area contributed by atoms with Crippen molar-refractivity contribution in [2.75, 3.05) is 6.54 Å². The number of hydrogen-bond donors (Lipinski definition) is 2. The minimum absolute atomic E-state index is 0.121. The van der Waals surface area contributed by atoms with Gasteiger partial charge in [-0.2, -0.15) is 0 Å². The van der Waals surface area contributed by atoms with Gasteiger partial charge >= 0.3 is 0 Å². The van der Waals surface area contributed by atoms with E-state index in [1.807, 2.05) is 0 Å². The molecule has 3 rings (SSSR count). The lowest BCUT2D eigenvalue weighted by Crippen LogP contribution is -2.57. The summed E-state index contributed by atoms with van der Waals surface area (Å²) in [6, 6.07) is 7.36. The van der Waals surface area contributed by atoms with Crippen LogP contribution in [0.25, 0.3) is 0 Å². The van der Waals surface area contributed by atoms with Crippen molar-refractivity contribution in [1.82, 2.24) is 5.32 Å². The van der Waals surface area contributed by atoms with Crippen LogP contribution in [0.15, 0.2) is 22.7 Å². The molecule has 0 heterocycles. The Morgan fingerprint density at radius 3 is 2.90 bits per heavy atom. The normalized spacial score (nSPS) is 33.1. The third-order valence-corrected chi connectivity index (χ3v) is 5.66. The first kappa shape index (κ1) is 14.6. The average Bonchev–Trinajstić information content (AvgIpc) is 2.84. The van der Waals surface area contributed by atoms with E-state index in [-0.39, 0.29) is 5.54 Å². The second-order valence-corrected chi connectivity index (χ2v) is 7.75. The van der Waals surface area contributed by atoms with Crippen LogP contribution >= 0.6 is 15.9 Å². The molecule has 1 saturated carbocycles. The Kier molecular flexibility index (Phi) is 4.21. The summed E-state index contributed by atoms with van der Waals surface area (Å²) < 4.78 is 1.19. The summed E-state index contributed by atoms with van der Waals surface area (Å²) in [6.45, 7) is 3.11. The molecule has 2 aliphatic rings. The minimum atomic E-state index is 0.121. The van der Waals surface area contributed by atoms with Crippen LogP contribution in [0.4, 0.5) is 0 Å². The SMILES string of the molecule is CC1CCC(NC2(CN)CCc3cc(Br)ccc3C2)C1. The molecule has 2 nitrogen and oxygen atoms in total. The fourth-order valence-corrected chi connectivity index (χ4v) is 4.36. The van der Waals surface area contributed by atoms with E-state index in [1.165, 1.54) is 34.9 Å². The molecule has 2 aliphatic carbocycles. The van der Waals surface area contributed by atoms with Crippen LogP contribution in [0.1, 0.15) is 43.7 Å². The van der Waals surface area contributed by atoms with E-state index >= 15 is 0 Å². The highest BCUT2D eigenvalue weighted by molar-refractivity contribution is 9.10. The number of benzene rings is 1. The molecule has 0 bridgehead atoms. The summed E-state index contributed by atoms with van der Waals surface area (Å²) in [5, 5.41) is 3.93. The third kappa shape index (κ3) is 2.95. The van der Waals surface area contributed by atoms with Gasteiger partial charge in [-0.3, -0.25) is 0 Å². The summed E-state index contributed by atoms with van der Waals surface area (Å²) in [6.07, 6.45) is 7.38. The Morgan fingerprint density at radius 2 is 2.20 bits per heavy atom. The van der Waals surface area contributed by atoms with E-state index in [4.69, 9.17) is 5.73 Å².